The fraction of sp³-hybridized carbons (Fsp3) is 0.0800. The first-order valence-electron chi connectivity index (χ1n) is 9.40. The second-order valence-electron chi connectivity index (χ2n) is 6.94. The molecule has 0 bridgehead atoms. The molecule has 0 aliphatic heterocycles. The number of hydrogen-bond acceptors (Lipinski definition) is 2. The fourth-order valence-corrected chi connectivity index (χ4v) is 3.72. The van der Waals surface area contributed by atoms with E-state index in [4.69, 9.17) is 9.84 Å². The van der Waals surface area contributed by atoms with Crippen LogP contribution in [0, 0.1) is 0 Å². The third kappa shape index (κ3) is 2.91. The largest absolute Gasteiger partial charge is 0.497 e. The molecule has 2 aromatic heterocycles. The van der Waals surface area contributed by atoms with Gasteiger partial charge in [-0.3, -0.25) is 0 Å². The summed E-state index contributed by atoms with van der Waals surface area (Å²) in [5, 5.41) is 7.41. The number of ether oxygens (including phenoxy) is 1. The maximum atomic E-state index is 5.26. The predicted octanol–water partition coefficient (Wildman–Crippen LogP) is 5.75. The summed E-state index contributed by atoms with van der Waals surface area (Å²) in [7, 11) is 1.69. The zero-order valence-electron chi connectivity index (χ0n) is 15.7. The van der Waals surface area contributed by atoms with E-state index in [2.05, 4.69) is 77.3 Å². The van der Waals surface area contributed by atoms with Crippen molar-refractivity contribution >= 4 is 16.3 Å². The van der Waals surface area contributed by atoms with Crippen LogP contribution < -0.4 is 4.74 Å². The van der Waals surface area contributed by atoms with Gasteiger partial charge in [0.15, 0.2) is 0 Å². The SMILES string of the molecule is COc1ccc(Cc2cc3c4ccccc4cc(-c4ccccc4)n3n2)cc1. The lowest BCUT2D eigenvalue weighted by Gasteiger charge is -2.08. The summed E-state index contributed by atoms with van der Waals surface area (Å²) in [6.45, 7) is 0. The smallest absolute Gasteiger partial charge is 0.118 e. The molecule has 0 aliphatic carbocycles. The maximum absolute atomic E-state index is 5.26. The number of benzene rings is 3. The Morgan fingerprint density at radius 2 is 1.57 bits per heavy atom. The van der Waals surface area contributed by atoms with E-state index in [1.807, 2.05) is 18.2 Å². The molecule has 0 saturated carbocycles. The monoisotopic (exact) mass is 364 g/mol. The molecular weight excluding hydrogens is 344 g/mol. The molecule has 0 fully saturated rings. The van der Waals surface area contributed by atoms with Crippen molar-refractivity contribution in [3.05, 3.63) is 102 Å². The van der Waals surface area contributed by atoms with Gasteiger partial charge in [-0.15, -0.1) is 0 Å². The van der Waals surface area contributed by atoms with Crippen molar-refractivity contribution in [1.82, 2.24) is 9.61 Å². The Balaban J connectivity index is 1.67. The molecular formula is C25H20N2O. The highest BCUT2D eigenvalue weighted by Gasteiger charge is 2.12. The van der Waals surface area contributed by atoms with Gasteiger partial charge in [-0.05, 0) is 35.2 Å². The van der Waals surface area contributed by atoms with Crippen LogP contribution in [0.5, 0.6) is 5.75 Å². The number of aromatic nitrogens is 2. The molecule has 0 unspecified atom stereocenters. The van der Waals surface area contributed by atoms with Crippen LogP contribution in [-0.4, -0.2) is 16.7 Å². The Labute approximate surface area is 163 Å². The van der Waals surface area contributed by atoms with Crippen molar-refractivity contribution in [1.29, 1.82) is 0 Å². The van der Waals surface area contributed by atoms with Gasteiger partial charge < -0.3 is 4.74 Å². The van der Waals surface area contributed by atoms with Gasteiger partial charge in [0.05, 0.1) is 24.0 Å². The minimum absolute atomic E-state index is 0.786. The maximum Gasteiger partial charge on any atom is 0.118 e. The van der Waals surface area contributed by atoms with Crippen molar-refractivity contribution in [2.24, 2.45) is 0 Å². The zero-order chi connectivity index (χ0) is 18.9. The molecule has 3 aromatic carbocycles. The lowest BCUT2D eigenvalue weighted by molar-refractivity contribution is 0.414. The molecule has 2 heterocycles. The molecule has 136 valence electrons. The van der Waals surface area contributed by atoms with Gasteiger partial charge >= 0.3 is 0 Å². The normalized spacial score (nSPS) is 11.2. The van der Waals surface area contributed by atoms with Crippen LogP contribution in [0.15, 0.2) is 91.0 Å². The molecule has 0 N–H and O–H groups in total. The predicted molar refractivity (Wildman–Crippen MR) is 114 cm³/mol. The molecule has 3 nitrogen and oxygen atoms in total. The Morgan fingerprint density at radius 3 is 2.36 bits per heavy atom. The highest BCUT2D eigenvalue weighted by atomic mass is 16.5. The van der Waals surface area contributed by atoms with Crippen molar-refractivity contribution < 1.29 is 4.74 Å². The fourth-order valence-electron chi connectivity index (χ4n) is 3.72. The molecule has 0 amide bonds. The Hall–Kier alpha value is -3.59. The molecule has 5 rings (SSSR count). The van der Waals surface area contributed by atoms with Gasteiger partial charge in [0, 0.05) is 17.4 Å². The highest BCUT2D eigenvalue weighted by Crippen LogP contribution is 2.29. The quantitative estimate of drug-likeness (QED) is 0.406. The Morgan fingerprint density at radius 1 is 0.821 bits per heavy atom. The minimum atomic E-state index is 0.786. The van der Waals surface area contributed by atoms with Crippen LogP contribution in [0.1, 0.15) is 11.3 Å². The van der Waals surface area contributed by atoms with Gasteiger partial charge in [0.2, 0.25) is 0 Å². The third-order valence-corrected chi connectivity index (χ3v) is 5.13. The van der Waals surface area contributed by atoms with Crippen LogP contribution >= 0.6 is 0 Å². The molecule has 28 heavy (non-hydrogen) atoms. The topological polar surface area (TPSA) is 26.5 Å². The molecule has 0 spiro atoms. The van der Waals surface area contributed by atoms with Crippen LogP contribution in [0.3, 0.4) is 0 Å². The summed E-state index contributed by atoms with van der Waals surface area (Å²) in [6, 6.07) is 31.6. The van der Waals surface area contributed by atoms with E-state index in [0.717, 1.165) is 34.6 Å². The summed E-state index contributed by atoms with van der Waals surface area (Å²) in [5.41, 5.74) is 5.68. The average Bonchev–Trinajstić information content (AvgIpc) is 3.18. The molecule has 0 radical (unpaired) electrons. The standard InChI is InChI=1S/C25H20N2O/c1-28-22-13-11-18(12-14-22)15-21-17-25-23-10-6-5-9-20(23)16-24(27(25)26-21)19-7-3-2-4-8-19/h2-14,16-17H,15H2,1H3. The number of methoxy groups -OCH3 is 1. The number of pyridine rings is 1. The van der Waals surface area contributed by atoms with E-state index in [0.29, 0.717) is 0 Å². The first-order valence-corrected chi connectivity index (χ1v) is 9.40. The summed E-state index contributed by atoms with van der Waals surface area (Å²) in [6.07, 6.45) is 0.786. The summed E-state index contributed by atoms with van der Waals surface area (Å²) >= 11 is 0. The van der Waals surface area contributed by atoms with E-state index in [-0.39, 0.29) is 0 Å². The average molecular weight is 364 g/mol. The molecule has 5 aromatic rings. The van der Waals surface area contributed by atoms with Crippen LogP contribution in [-0.2, 0) is 6.42 Å². The van der Waals surface area contributed by atoms with Crippen LogP contribution in [0.4, 0.5) is 0 Å². The summed E-state index contributed by atoms with van der Waals surface area (Å²) in [5.74, 6) is 0.871. The Bertz CT molecular complexity index is 1250. The van der Waals surface area contributed by atoms with Crippen molar-refractivity contribution in [2.45, 2.75) is 6.42 Å². The molecule has 0 atom stereocenters. The molecule has 3 heteroatoms. The van der Waals surface area contributed by atoms with Gasteiger partial charge in [-0.25, -0.2) is 4.52 Å². The van der Waals surface area contributed by atoms with Crippen LogP contribution in [0.2, 0.25) is 0 Å². The van der Waals surface area contributed by atoms with Gasteiger partial charge in [-0.2, -0.15) is 5.10 Å². The summed E-state index contributed by atoms with van der Waals surface area (Å²) in [4.78, 5) is 0. The van der Waals surface area contributed by atoms with E-state index in [1.165, 1.54) is 16.3 Å². The van der Waals surface area contributed by atoms with E-state index >= 15 is 0 Å². The van der Waals surface area contributed by atoms with Gasteiger partial charge in [0.25, 0.3) is 0 Å². The minimum Gasteiger partial charge on any atom is -0.497 e. The van der Waals surface area contributed by atoms with E-state index in [9.17, 15) is 0 Å². The number of nitrogens with zero attached hydrogens (tertiary/aromatic N) is 2. The molecule has 0 saturated heterocycles. The van der Waals surface area contributed by atoms with Gasteiger partial charge in [0.1, 0.15) is 5.75 Å². The molecule has 0 aliphatic rings. The van der Waals surface area contributed by atoms with Crippen molar-refractivity contribution in [2.75, 3.05) is 7.11 Å². The lowest BCUT2D eigenvalue weighted by atomic mass is 10.1. The highest BCUT2D eigenvalue weighted by molar-refractivity contribution is 5.98. The zero-order valence-corrected chi connectivity index (χ0v) is 15.7. The number of fused-ring (bicyclic) bond motifs is 3. The number of rotatable bonds is 4. The second-order valence-corrected chi connectivity index (χ2v) is 6.94. The van der Waals surface area contributed by atoms with Crippen molar-refractivity contribution in [3.63, 3.8) is 0 Å². The van der Waals surface area contributed by atoms with Gasteiger partial charge in [-0.1, -0.05) is 66.7 Å². The first-order chi connectivity index (χ1) is 13.8. The van der Waals surface area contributed by atoms with Crippen molar-refractivity contribution in [3.8, 4) is 17.0 Å². The Kier molecular flexibility index (Phi) is 4.06. The third-order valence-electron chi connectivity index (χ3n) is 5.13. The first kappa shape index (κ1) is 16.6. The summed E-state index contributed by atoms with van der Waals surface area (Å²) < 4.78 is 7.34. The lowest BCUT2D eigenvalue weighted by Crippen LogP contribution is -1.96. The van der Waals surface area contributed by atoms with E-state index < -0.39 is 0 Å². The van der Waals surface area contributed by atoms with E-state index in [1.54, 1.807) is 7.11 Å². The number of hydrogen-bond donors (Lipinski definition) is 0. The van der Waals surface area contributed by atoms with Crippen LogP contribution in [0.25, 0.3) is 27.5 Å². The second kappa shape index (κ2) is 6.86.